The number of nitrogens with one attached hydrogen (secondary N) is 1. The van der Waals surface area contributed by atoms with Crippen LogP contribution in [0.3, 0.4) is 0 Å². The van der Waals surface area contributed by atoms with Gasteiger partial charge in [-0.1, -0.05) is 0 Å². The Morgan fingerprint density at radius 3 is 2.59 bits per heavy atom. The van der Waals surface area contributed by atoms with Crippen LogP contribution in [0, 0.1) is 0 Å². The highest BCUT2D eigenvalue weighted by Gasteiger charge is 2.44. The molecule has 1 unspecified atom stereocenters. The number of amides is 3. The summed E-state index contributed by atoms with van der Waals surface area (Å²) in [6.07, 6.45) is 0.992. The maximum Gasteiger partial charge on any atom is 0.325 e. The molecule has 2 aliphatic heterocycles. The van der Waals surface area contributed by atoms with Gasteiger partial charge in [0.15, 0.2) is 0 Å². The molecule has 0 bridgehead atoms. The highest BCUT2D eigenvalue weighted by molar-refractivity contribution is 6.06. The molecule has 17 heavy (non-hydrogen) atoms. The number of hydrogen-bond donors (Lipinski definition) is 2. The lowest BCUT2D eigenvalue weighted by molar-refractivity contribution is -0.130. The maximum atomic E-state index is 11.9. The van der Waals surface area contributed by atoms with Crippen LogP contribution in [-0.4, -0.2) is 59.5 Å². The molecule has 6 nitrogen and oxygen atoms in total. The van der Waals surface area contributed by atoms with Gasteiger partial charge in [-0.05, 0) is 26.8 Å². The second kappa shape index (κ2) is 4.27. The molecule has 2 rings (SSSR count). The van der Waals surface area contributed by atoms with E-state index in [4.69, 9.17) is 5.73 Å². The normalized spacial score (nSPS) is 28.9. The fourth-order valence-corrected chi connectivity index (χ4v) is 2.33. The minimum absolute atomic E-state index is 0.147. The number of carbonyl (C=O) groups excluding carboxylic acids is 2. The number of carbonyl (C=O) groups is 2. The molecule has 0 radical (unpaired) electrons. The predicted octanol–water partition coefficient (Wildman–Crippen LogP) is -0.650. The molecule has 2 aliphatic rings. The second-order valence-electron chi connectivity index (χ2n) is 5.36. The summed E-state index contributed by atoms with van der Waals surface area (Å²) >= 11 is 0. The Hall–Kier alpha value is -1.14. The van der Waals surface area contributed by atoms with Crippen LogP contribution in [0.4, 0.5) is 4.79 Å². The number of nitrogens with two attached hydrogens (primary N) is 1. The Morgan fingerprint density at radius 2 is 2.12 bits per heavy atom. The van der Waals surface area contributed by atoms with Crippen molar-refractivity contribution < 1.29 is 9.59 Å². The van der Waals surface area contributed by atoms with E-state index >= 15 is 0 Å². The lowest BCUT2D eigenvalue weighted by Crippen LogP contribution is -2.41. The lowest BCUT2D eigenvalue weighted by atomic mass is 10.1. The van der Waals surface area contributed by atoms with Gasteiger partial charge in [0.1, 0.15) is 5.54 Å². The summed E-state index contributed by atoms with van der Waals surface area (Å²) in [5.41, 5.74) is 5.04. The maximum absolute atomic E-state index is 11.9. The summed E-state index contributed by atoms with van der Waals surface area (Å²) in [6, 6.07) is -0.0574. The van der Waals surface area contributed by atoms with E-state index in [-0.39, 0.29) is 18.0 Å². The van der Waals surface area contributed by atoms with Crippen molar-refractivity contribution in [1.82, 2.24) is 15.1 Å². The van der Waals surface area contributed by atoms with E-state index in [1.165, 1.54) is 4.90 Å². The molecule has 2 fully saturated rings. The Balaban J connectivity index is 1.87. The van der Waals surface area contributed by atoms with Crippen molar-refractivity contribution in [2.75, 3.05) is 26.2 Å². The van der Waals surface area contributed by atoms with E-state index < -0.39 is 5.54 Å². The lowest BCUT2D eigenvalue weighted by Gasteiger charge is -2.20. The molecule has 2 saturated heterocycles. The van der Waals surface area contributed by atoms with E-state index in [1.807, 2.05) is 0 Å². The van der Waals surface area contributed by atoms with Gasteiger partial charge in [-0.25, -0.2) is 4.79 Å². The van der Waals surface area contributed by atoms with Gasteiger partial charge in [0.25, 0.3) is 5.91 Å². The van der Waals surface area contributed by atoms with Crippen molar-refractivity contribution in [1.29, 1.82) is 0 Å². The van der Waals surface area contributed by atoms with E-state index in [1.54, 1.807) is 13.8 Å². The van der Waals surface area contributed by atoms with Crippen LogP contribution >= 0.6 is 0 Å². The zero-order valence-corrected chi connectivity index (χ0v) is 10.4. The topological polar surface area (TPSA) is 78.7 Å². The van der Waals surface area contributed by atoms with Gasteiger partial charge in [0.05, 0.1) is 0 Å². The average molecular weight is 240 g/mol. The zero-order valence-electron chi connectivity index (χ0n) is 10.4. The minimum atomic E-state index is -0.765. The van der Waals surface area contributed by atoms with E-state index in [2.05, 4.69) is 10.2 Å². The minimum Gasteiger partial charge on any atom is -0.326 e. The molecular formula is C11H20N4O2. The van der Waals surface area contributed by atoms with Crippen molar-refractivity contribution in [3.8, 4) is 0 Å². The molecule has 0 aliphatic carbocycles. The first kappa shape index (κ1) is 12.3. The molecule has 3 N–H and O–H groups in total. The van der Waals surface area contributed by atoms with E-state index in [9.17, 15) is 9.59 Å². The van der Waals surface area contributed by atoms with Crippen molar-refractivity contribution in [3.05, 3.63) is 0 Å². The molecule has 96 valence electrons. The molecule has 1 atom stereocenters. The van der Waals surface area contributed by atoms with Crippen LogP contribution in [0.15, 0.2) is 0 Å². The number of rotatable bonds is 3. The first-order chi connectivity index (χ1) is 7.90. The van der Waals surface area contributed by atoms with Crippen LogP contribution in [0.25, 0.3) is 0 Å². The van der Waals surface area contributed by atoms with Gasteiger partial charge in [0, 0.05) is 25.7 Å². The Labute approximate surface area is 101 Å². The highest BCUT2D eigenvalue weighted by atomic mass is 16.2. The molecule has 2 heterocycles. The fourth-order valence-electron chi connectivity index (χ4n) is 2.33. The summed E-state index contributed by atoms with van der Waals surface area (Å²) in [6.45, 7) is 6.41. The molecule has 6 heteroatoms. The van der Waals surface area contributed by atoms with Crippen molar-refractivity contribution in [2.45, 2.75) is 31.8 Å². The monoisotopic (exact) mass is 240 g/mol. The smallest absolute Gasteiger partial charge is 0.325 e. The molecule has 0 aromatic heterocycles. The molecule has 0 spiro atoms. The number of imide groups is 1. The molecular weight excluding hydrogens is 220 g/mol. The van der Waals surface area contributed by atoms with Crippen molar-refractivity contribution >= 4 is 11.9 Å². The van der Waals surface area contributed by atoms with Gasteiger partial charge in [-0.2, -0.15) is 0 Å². The molecule has 0 aromatic carbocycles. The van der Waals surface area contributed by atoms with Gasteiger partial charge in [0.2, 0.25) is 0 Å². The van der Waals surface area contributed by atoms with Gasteiger partial charge in [-0.15, -0.1) is 0 Å². The Kier molecular flexibility index (Phi) is 3.09. The van der Waals surface area contributed by atoms with Crippen LogP contribution in [0.2, 0.25) is 0 Å². The Bertz CT molecular complexity index is 342. The van der Waals surface area contributed by atoms with Crippen molar-refractivity contribution in [2.24, 2.45) is 5.73 Å². The quantitative estimate of drug-likeness (QED) is 0.643. The average Bonchev–Trinajstić information content (AvgIpc) is 2.70. The van der Waals surface area contributed by atoms with E-state index in [0.29, 0.717) is 13.1 Å². The zero-order chi connectivity index (χ0) is 12.6. The summed E-state index contributed by atoms with van der Waals surface area (Å²) in [7, 11) is 0. The van der Waals surface area contributed by atoms with Gasteiger partial charge in [-0.3, -0.25) is 14.6 Å². The van der Waals surface area contributed by atoms with Crippen LogP contribution in [-0.2, 0) is 4.79 Å². The first-order valence-corrected chi connectivity index (χ1v) is 6.02. The van der Waals surface area contributed by atoms with Crippen LogP contribution in [0.1, 0.15) is 20.3 Å². The third-order valence-corrected chi connectivity index (χ3v) is 3.39. The highest BCUT2D eigenvalue weighted by Crippen LogP contribution is 2.16. The summed E-state index contributed by atoms with van der Waals surface area (Å²) in [4.78, 5) is 27.0. The van der Waals surface area contributed by atoms with E-state index in [0.717, 1.165) is 19.5 Å². The van der Waals surface area contributed by atoms with Crippen LogP contribution < -0.4 is 11.1 Å². The molecule has 0 saturated carbocycles. The van der Waals surface area contributed by atoms with Crippen molar-refractivity contribution in [3.63, 3.8) is 0 Å². The fraction of sp³-hybridized carbons (Fsp3) is 0.818. The van der Waals surface area contributed by atoms with Crippen LogP contribution in [0.5, 0.6) is 0 Å². The number of likely N-dealkylation sites (tertiary alicyclic amines) is 1. The summed E-state index contributed by atoms with van der Waals surface area (Å²) < 4.78 is 0. The predicted molar refractivity (Wildman–Crippen MR) is 63.4 cm³/mol. The summed E-state index contributed by atoms with van der Waals surface area (Å²) in [5.74, 6) is -0.147. The molecule has 0 aromatic rings. The summed E-state index contributed by atoms with van der Waals surface area (Å²) in [5, 5.41) is 2.67. The molecule has 3 amide bonds. The number of urea groups is 1. The number of hydrogen-bond acceptors (Lipinski definition) is 4. The SMILES string of the molecule is CC1(C)NC(=O)N(CCN2CCC(N)C2)C1=O. The second-order valence-corrected chi connectivity index (χ2v) is 5.36. The standard InChI is InChI=1S/C11H20N4O2/c1-11(2)9(16)15(10(17)13-11)6-5-14-4-3-8(12)7-14/h8H,3-7,12H2,1-2H3,(H,13,17). The first-order valence-electron chi connectivity index (χ1n) is 6.02. The third-order valence-electron chi connectivity index (χ3n) is 3.39. The van der Waals surface area contributed by atoms with Gasteiger partial charge < -0.3 is 11.1 Å². The Morgan fingerprint density at radius 1 is 1.41 bits per heavy atom. The number of nitrogens with zero attached hydrogens (tertiary/aromatic N) is 2. The largest absolute Gasteiger partial charge is 0.326 e. The third kappa shape index (κ3) is 2.42. The van der Waals surface area contributed by atoms with Gasteiger partial charge >= 0.3 is 6.03 Å².